The molecular formula is C22H34BNO6. The molecule has 0 spiro atoms. The summed E-state index contributed by atoms with van der Waals surface area (Å²) < 4.78 is 29.2. The van der Waals surface area contributed by atoms with Crippen LogP contribution in [0, 0.1) is 5.92 Å². The predicted octanol–water partition coefficient (Wildman–Crippen LogP) is 3.24. The minimum Gasteiger partial charge on any atom is -0.493 e. The first-order valence-corrected chi connectivity index (χ1v) is 10.5. The lowest BCUT2D eigenvalue weighted by Gasteiger charge is -2.39. The molecule has 166 valence electrons. The first-order valence-electron chi connectivity index (χ1n) is 10.5. The maximum Gasteiger partial charge on any atom is 0.494 e. The molecule has 2 heterocycles. The SMILES string of the molecule is COc1ccc(B2OC(C)(C)C(C)(C)O2)cc1OCC1CN(C(=O)OC(C)(C)C)C1. The van der Waals surface area contributed by atoms with Crippen molar-refractivity contribution >= 4 is 18.7 Å². The summed E-state index contributed by atoms with van der Waals surface area (Å²) in [5, 5.41) is 0. The highest BCUT2D eigenvalue weighted by molar-refractivity contribution is 6.62. The van der Waals surface area contributed by atoms with Gasteiger partial charge in [0.15, 0.2) is 11.5 Å². The van der Waals surface area contributed by atoms with Crippen LogP contribution in [0.1, 0.15) is 48.5 Å². The molecule has 1 amide bonds. The third kappa shape index (κ3) is 4.86. The van der Waals surface area contributed by atoms with Crippen molar-refractivity contribution in [1.29, 1.82) is 0 Å². The Morgan fingerprint density at radius 3 is 2.27 bits per heavy atom. The van der Waals surface area contributed by atoms with Crippen molar-refractivity contribution in [2.24, 2.45) is 5.92 Å². The molecule has 2 aliphatic heterocycles. The number of carbonyl (C=O) groups is 1. The number of methoxy groups -OCH3 is 1. The van der Waals surface area contributed by atoms with Gasteiger partial charge in [0.2, 0.25) is 0 Å². The van der Waals surface area contributed by atoms with Crippen LogP contribution in [-0.2, 0) is 14.0 Å². The van der Waals surface area contributed by atoms with Crippen LogP contribution >= 0.6 is 0 Å². The molecule has 0 bridgehead atoms. The fraction of sp³-hybridized carbons (Fsp3) is 0.682. The highest BCUT2D eigenvalue weighted by Crippen LogP contribution is 2.37. The van der Waals surface area contributed by atoms with E-state index in [4.69, 9.17) is 23.5 Å². The monoisotopic (exact) mass is 419 g/mol. The summed E-state index contributed by atoms with van der Waals surface area (Å²) >= 11 is 0. The van der Waals surface area contributed by atoms with Crippen molar-refractivity contribution in [1.82, 2.24) is 4.90 Å². The molecule has 0 radical (unpaired) electrons. The zero-order valence-electron chi connectivity index (χ0n) is 19.4. The quantitative estimate of drug-likeness (QED) is 0.683. The number of nitrogens with zero attached hydrogens (tertiary/aromatic N) is 1. The van der Waals surface area contributed by atoms with Gasteiger partial charge in [0.1, 0.15) is 5.60 Å². The van der Waals surface area contributed by atoms with Gasteiger partial charge in [-0.2, -0.15) is 0 Å². The molecule has 2 aliphatic rings. The van der Waals surface area contributed by atoms with Crippen LogP contribution < -0.4 is 14.9 Å². The molecule has 0 atom stereocenters. The van der Waals surface area contributed by atoms with Crippen molar-refractivity contribution in [3.05, 3.63) is 18.2 Å². The number of amides is 1. The summed E-state index contributed by atoms with van der Waals surface area (Å²) in [6.45, 7) is 15.4. The molecule has 0 N–H and O–H groups in total. The number of benzene rings is 1. The molecule has 2 fully saturated rings. The van der Waals surface area contributed by atoms with Crippen LogP contribution in [0.25, 0.3) is 0 Å². The minimum atomic E-state index is -0.486. The van der Waals surface area contributed by atoms with E-state index in [-0.39, 0.29) is 12.0 Å². The first-order chi connectivity index (χ1) is 13.8. The van der Waals surface area contributed by atoms with Crippen LogP contribution in [0.4, 0.5) is 4.79 Å². The van der Waals surface area contributed by atoms with Gasteiger partial charge in [0, 0.05) is 19.0 Å². The largest absolute Gasteiger partial charge is 0.494 e. The van der Waals surface area contributed by atoms with Crippen molar-refractivity contribution in [2.75, 3.05) is 26.8 Å². The fourth-order valence-corrected chi connectivity index (χ4v) is 3.29. The van der Waals surface area contributed by atoms with Crippen molar-refractivity contribution in [3.8, 4) is 11.5 Å². The van der Waals surface area contributed by atoms with E-state index in [1.54, 1.807) is 12.0 Å². The van der Waals surface area contributed by atoms with Gasteiger partial charge < -0.3 is 28.4 Å². The summed E-state index contributed by atoms with van der Waals surface area (Å²) in [6.07, 6.45) is -0.279. The zero-order valence-corrected chi connectivity index (χ0v) is 19.4. The maximum absolute atomic E-state index is 12.1. The normalized spacial score (nSPS) is 20.7. The smallest absolute Gasteiger partial charge is 0.493 e. The molecule has 7 nitrogen and oxygen atoms in total. The van der Waals surface area contributed by atoms with Crippen LogP contribution in [0.5, 0.6) is 11.5 Å². The van der Waals surface area contributed by atoms with E-state index >= 15 is 0 Å². The van der Waals surface area contributed by atoms with E-state index < -0.39 is 23.9 Å². The molecule has 1 aromatic rings. The van der Waals surface area contributed by atoms with Crippen LogP contribution in [-0.4, -0.2) is 61.7 Å². The Hall–Kier alpha value is -1.93. The Morgan fingerprint density at radius 1 is 1.13 bits per heavy atom. The molecule has 0 aromatic heterocycles. The third-order valence-corrected chi connectivity index (χ3v) is 5.80. The van der Waals surface area contributed by atoms with E-state index in [0.717, 1.165) is 5.46 Å². The highest BCUT2D eigenvalue weighted by atomic mass is 16.7. The van der Waals surface area contributed by atoms with Crippen LogP contribution in [0.3, 0.4) is 0 Å². The van der Waals surface area contributed by atoms with Gasteiger partial charge in [-0.15, -0.1) is 0 Å². The van der Waals surface area contributed by atoms with Crippen LogP contribution in [0.15, 0.2) is 18.2 Å². The molecule has 30 heavy (non-hydrogen) atoms. The minimum absolute atomic E-state index is 0.253. The molecule has 0 unspecified atom stereocenters. The molecule has 3 rings (SSSR count). The average molecular weight is 419 g/mol. The van der Waals surface area contributed by atoms with E-state index in [2.05, 4.69) is 0 Å². The molecule has 8 heteroatoms. The topological polar surface area (TPSA) is 66.5 Å². The molecular weight excluding hydrogens is 385 g/mol. The molecule has 1 aromatic carbocycles. The summed E-state index contributed by atoms with van der Waals surface area (Å²) in [7, 11) is 1.15. The lowest BCUT2D eigenvalue weighted by Crippen LogP contribution is -2.53. The first kappa shape index (κ1) is 22.8. The Bertz CT molecular complexity index is 766. The van der Waals surface area contributed by atoms with Gasteiger partial charge in [-0.3, -0.25) is 0 Å². The Balaban J connectivity index is 1.59. The van der Waals surface area contributed by atoms with Gasteiger partial charge in [0.05, 0.1) is 24.9 Å². The van der Waals surface area contributed by atoms with Gasteiger partial charge in [-0.1, -0.05) is 6.07 Å². The van der Waals surface area contributed by atoms with Gasteiger partial charge in [0.25, 0.3) is 0 Å². The fourth-order valence-electron chi connectivity index (χ4n) is 3.29. The second-order valence-electron chi connectivity index (χ2n) is 10.1. The Morgan fingerprint density at radius 2 is 1.73 bits per heavy atom. The van der Waals surface area contributed by atoms with Gasteiger partial charge in [-0.25, -0.2) is 4.79 Å². The third-order valence-electron chi connectivity index (χ3n) is 5.80. The number of carbonyl (C=O) groups excluding carboxylic acids is 1. The van der Waals surface area contributed by atoms with Crippen LogP contribution in [0.2, 0.25) is 0 Å². The Labute approximate surface area is 180 Å². The lowest BCUT2D eigenvalue weighted by molar-refractivity contribution is -0.00796. The summed E-state index contributed by atoms with van der Waals surface area (Å²) in [5.74, 6) is 1.54. The number of hydrogen-bond donors (Lipinski definition) is 0. The summed E-state index contributed by atoms with van der Waals surface area (Å²) in [6, 6.07) is 5.70. The zero-order chi connectivity index (χ0) is 22.3. The van der Waals surface area contributed by atoms with E-state index in [0.29, 0.717) is 31.2 Å². The maximum atomic E-state index is 12.1. The average Bonchev–Trinajstić information content (AvgIpc) is 2.79. The molecule has 0 saturated carbocycles. The molecule has 0 aliphatic carbocycles. The second kappa shape index (κ2) is 7.96. The van der Waals surface area contributed by atoms with E-state index in [9.17, 15) is 4.79 Å². The standard InChI is InChI=1S/C22H34BNO6/c1-20(2,3)28-19(25)24-12-15(13-24)14-27-18-11-16(9-10-17(18)26-8)23-29-21(4,5)22(6,7)30-23/h9-11,15H,12-14H2,1-8H3. The number of hydrogen-bond acceptors (Lipinski definition) is 6. The van der Waals surface area contributed by atoms with Crippen molar-refractivity contribution in [3.63, 3.8) is 0 Å². The number of rotatable bonds is 5. The second-order valence-corrected chi connectivity index (χ2v) is 10.1. The van der Waals surface area contributed by atoms with Crippen molar-refractivity contribution in [2.45, 2.75) is 65.3 Å². The number of ether oxygens (including phenoxy) is 3. The van der Waals surface area contributed by atoms with E-state index in [1.165, 1.54) is 0 Å². The Kier molecular flexibility index (Phi) is 6.04. The molecule has 2 saturated heterocycles. The summed E-state index contributed by atoms with van der Waals surface area (Å²) in [5.41, 5.74) is -0.417. The summed E-state index contributed by atoms with van der Waals surface area (Å²) in [4.78, 5) is 13.8. The lowest BCUT2D eigenvalue weighted by atomic mass is 9.79. The highest BCUT2D eigenvalue weighted by Gasteiger charge is 2.51. The van der Waals surface area contributed by atoms with Gasteiger partial charge >= 0.3 is 13.2 Å². The van der Waals surface area contributed by atoms with Gasteiger partial charge in [-0.05, 0) is 66.1 Å². The predicted molar refractivity (Wildman–Crippen MR) is 116 cm³/mol. The van der Waals surface area contributed by atoms with E-state index in [1.807, 2.05) is 66.7 Å². The van der Waals surface area contributed by atoms with Crippen molar-refractivity contribution < 1.29 is 28.3 Å². The number of likely N-dealkylation sites (tertiary alicyclic amines) is 1.